The van der Waals surface area contributed by atoms with Crippen molar-refractivity contribution in [3.05, 3.63) is 23.8 Å². The number of hydrogen-bond donors (Lipinski definition) is 2. The maximum atomic E-state index is 10.6. The van der Waals surface area contributed by atoms with Crippen molar-refractivity contribution < 1.29 is 19.4 Å². The minimum Gasteiger partial charge on any atom is -0.493 e. The molecule has 1 atom stereocenters. The molecule has 1 rings (SSSR count). The molecule has 0 saturated carbocycles. The van der Waals surface area contributed by atoms with E-state index < -0.39 is 12.0 Å². The van der Waals surface area contributed by atoms with Crippen LogP contribution in [0.25, 0.3) is 0 Å². The second-order valence-electron chi connectivity index (χ2n) is 3.67. The first-order chi connectivity index (χ1) is 8.08. The van der Waals surface area contributed by atoms with Gasteiger partial charge < -0.3 is 20.3 Å². The largest absolute Gasteiger partial charge is 0.493 e. The van der Waals surface area contributed by atoms with E-state index >= 15 is 0 Å². The number of rotatable bonds is 6. The van der Waals surface area contributed by atoms with Crippen molar-refractivity contribution in [2.45, 2.75) is 18.9 Å². The van der Waals surface area contributed by atoms with Crippen LogP contribution in [0.15, 0.2) is 18.2 Å². The molecule has 17 heavy (non-hydrogen) atoms. The molecule has 0 bridgehead atoms. The number of carboxylic acid groups (broad SMARTS) is 1. The second-order valence-corrected chi connectivity index (χ2v) is 3.67. The zero-order valence-electron chi connectivity index (χ0n) is 9.97. The molecule has 1 aromatic carbocycles. The number of hydrogen-bond acceptors (Lipinski definition) is 4. The van der Waals surface area contributed by atoms with E-state index in [0.717, 1.165) is 5.56 Å². The molecule has 0 heterocycles. The van der Waals surface area contributed by atoms with Crippen LogP contribution < -0.4 is 15.2 Å². The summed E-state index contributed by atoms with van der Waals surface area (Å²) >= 11 is 0. The molecule has 0 unspecified atom stereocenters. The molecule has 0 aromatic heterocycles. The highest BCUT2D eigenvalue weighted by molar-refractivity contribution is 5.73. The lowest BCUT2D eigenvalue weighted by Gasteiger charge is -2.10. The Balaban J connectivity index is 2.69. The third-order valence-corrected chi connectivity index (χ3v) is 2.51. The molecule has 0 radical (unpaired) electrons. The van der Waals surface area contributed by atoms with Gasteiger partial charge in [-0.1, -0.05) is 6.07 Å². The average molecular weight is 239 g/mol. The van der Waals surface area contributed by atoms with E-state index in [1.165, 1.54) is 0 Å². The fourth-order valence-electron chi connectivity index (χ4n) is 1.48. The molecule has 0 amide bonds. The summed E-state index contributed by atoms with van der Waals surface area (Å²) in [5.74, 6) is 0.304. The third-order valence-electron chi connectivity index (χ3n) is 2.51. The van der Waals surface area contributed by atoms with Gasteiger partial charge in [0.15, 0.2) is 11.5 Å². The Morgan fingerprint density at radius 3 is 2.53 bits per heavy atom. The summed E-state index contributed by atoms with van der Waals surface area (Å²) in [5, 5.41) is 8.67. The summed E-state index contributed by atoms with van der Waals surface area (Å²) in [6.07, 6.45) is 0.985. The van der Waals surface area contributed by atoms with E-state index in [4.69, 9.17) is 20.3 Å². The molecule has 5 heteroatoms. The topological polar surface area (TPSA) is 81.8 Å². The Hall–Kier alpha value is -1.75. The van der Waals surface area contributed by atoms with Gasteiger partial charge in [-0.05, 0) is 30.5 Å². The van der Waals surface area contributed by atoms with E-state index in [0.29, 0.717) is 24.3 Å². The van der Waals surface area contributed by atoms with Crippen LogP contribution in [0.1, 0.15) is 12.0 Å². The van der Waals surface area contributed by atoms with Crippen molar-refractivity contribution in [3.8, 4) is 11.5 Å². The van der Waals surface area contributed by atoms with Gasteiger partial charge in [0.2, 0.25) is 0 Å². The number of nitrogens with two attached hydrogens (primary N) is 1. The number of methoxy groups -OCH3 is 2. The number of carbonyl (C=O) groups is 1. The number of aliphatic carboxylic acids is 1. The van der Waals surface area contributed by atoms with Gasteiger partial charge in [-0.25, -0.2) is 0 Å². The maximum Gasteiger partial charge on any atom is 0.320 e. The van der Waals surface area contributed by atoms with Crippen LogP contribution in [0.4, 0.5) is 0 Å². The zero-order chi connectivity index (χ0) is 12.8. The SMILES string of the molecule is COc1ccc(CC[C@H](N)C(=O)O)cc1OC. The van der Waals surface area contributed by atoms with Crippen molar-refractivity contribution in [2.75, 3.05) is 14.2 Å². The molecule has 0 saturated heterocycles. The van der Waals surface area contributed by atoms with Crippen LogP contribution >= 0.6 is 0 Å². The fraction of sp³-hybridized carbons (Fsp3) is 0.417. The van der Waals surface area contributed by atoms with Gasteiger partial charge in [0, 0.05) is 0 Å². The fourth-order valence-corrected chi connectivity index (χ4v) is 1.48. The van der Waals surface area contributed by atoms with E-state index in [9.17, 15) is 4.79 Å². The maximum absolute atomic E-state index is 10.6. The quantitative estimate of drug-likeness (QED) is 0.775. The van der Waals surface area contributed by atoms with Gasteiger partial charge >= 0.3 is 5.97 Å². The summed E-state index contributed by atoms with van der Waals surface area (Å²) in [7, 11) is 3.13. The highest BCUT2D eigenvalue weighted by Crippen LogP contribution is 2.27. The molecular weight excluding hydrogens is 222 g/mol. The summed E-state index contributed by atoms with van der Waals surface area (Å²) in [6, 6.07) is 4.66. The highest BCUT2D eigenvalue weighted by Gasteiger charge is 2.12. The predicted molar refractivity (Wildman–Crippen MR) is 63.5 cm³/mol. The predicted octanol–water partition coefficient (Wildman–Crippen LogP) is 1.05. The first-order valence-electron chi connectivity index (χ1n) is 5.27. The van der Waals surface area contributed by atoms with Crippen LogP contribution in [0.3, 0.4) is 0 Å². The molecule has 0 aliphatic rings. The monoisotopic (exact) mass is 239 g/mol. The summed E-state index contributed by atoms with van der Waals surface area (Å²) < 4.78 is 10.3. The van der Waals surface area contributed by atoms with E-state index in [2.05, 4.69) is 0 Å². The van der Waals surface area contributed by atoms with Crippen molar-refractivity contribution in [1.29, 1.82) is 0 Å². The minimum atomic E-state index is -0.981. The second kappa shape index (κ2) is 6.10. The lowest BCUT2D eigenvalue weighted by Crippen LogP contribution is -2.30. The van der Waals surface area contributed by atoms with Gasteiger partial charge in [0.1, 0.15) is 6.04 Å². The van der Waals surface area contributed by atoms with Gasteiger partial charge in [-0.2, -0.15) is 0 Å². The standard InChI is InChI=1S/C12H17NO4/c1-16-10-6-4-8(7-11(10)17-2)3-5-9(13)12(14)15/h4,6-7,9H,3,5,13H2,1-2H3,(H,14,15)/t9-/m0/s1. The van der Waals surface area contributed by atoms with Crippen LogP contribution in [0.2, 0.25) is 0 Å². The molecule has 0 fully saturated rings. The summed E-state index contributed by atoms with van der Waals surface area (Å²) in [6.45, 7) is 0. The Bertz CT molecular complexity index is 392. The first kappa shape index (κ1) is 13.3. The van der Waals surface area contributed by atoms with E-state index in [1.807, 2.05) is 12.1 Å². The molecule has 94 valence electrons. The van der Waals surface area contributed by atoms with Gasteiger partial charge in [0.25, 0.3) is 0 Å². The lowest BCUT2D eigenvalue weighted by molar-refractivity contribution is -0.138. The zero-order valence-corrected chi connectivity index (χ0v) is 9.97. The number of ether oxygens (including phenoxy) is 2. The summed E-state index contributed by atoms with van der Waals surface area (Å²) in [5.41, 5.74) is 6.41. The number of aryl methyl sites for hydroxylation is 1. The third kappa shape index (κ3) is 3.64. The Morgan fingerprint density at radius 2 is 2.00 bits per heavy atom. The molecule has 0 spiro atoms. The molecule has 0 aliphatic heterocycles. The van der Waals surface area contributed by atoms with Crippen LogP contribution in [0, 0.1) is 0 Å². The molecule has 3 N–H and O–H groups in total. The van der Waals surface area contributed by atoms with Gasteiger partial charge in [0.05, 0.1) is 14.2 Å². The first-order valence-corrected chi connectivity index (χ1v) is 5.27. The molecule has 0 aliphatic carbocycles. The summed E-state index contributed by atoms with van der Waals surface area (Å²) in [4.78, 5) is 10.6. The van der Waals surface area contributed by atoms with Crippen LogP contribution in [-0.2, 0) is 11.2 Å². The number of benzene rings is 1. The number of carboxylic acids is 1. The Labute approximate surface area is 100 Å². The molecule has 1 aromatic rings. The highest BCUT2D eigenvalue weighted by atomic mass is 16.5. The van der Waals surface area contributed by atoms with Crippen molar-refractivity contribution >= 4 is 5.97 Å². The van der Waals surface area contributed by atoms with Crippen molar-refractivity contribution in [1.82, 2.24) is 0 Å². The average Bonchev–Trinajstić information content (AvgIpc) is 2.35. The Morgan fingerprint density at radius 1 is 1.35 bits per heavy atom. The molecular formula is C12H17NO4. The van der Waals surface area contributed by atoms with Gasteiger partial charge in [-0.15, -0.1) is 0 Å². The minimum absolute atomic E-state index is 0.394. The smallest absolute Gasteiger partial charge is 0.320 e. The normalized spacial score (nSPS) is 11.9. The van der Waals surface area contributed by atoms with Crippen LogP contribution in [0.5, 0.6) is 11.5 Å². The molecule has 5 nitrogen and oxygen atoms in total. The Kier molecular flexibility index (Phi) is 4.78. The lowest BCUT2D eigenvalue weighted by atomic mass is 10.1. The van der Waals surface area contributed by atoms with E-state index in [1.54, 1.807) is 20.3 Å². The van der Waals surface area contributed by atoms with Crippen LogP contribution in [-0.4, -0.2) is 31.3 Å². The van der Waals surface area contributed by atoms with E-state index in [-0.39, 0.29) is 0 Å². The van der Waals surface area contributed by atoms with Crippen molar-refractivity contribution in [3.63, 3.8) is 0 Å². The van der Waals surface area contributed by atoms with Gasteiger partial charge in [-0.3, -0.25) is 4.79 Å². The van der Waals surface area contributed by atoms with Crippen molar-refractivity contribution in [2.24, 2.45) is 5.73 Å².